The van der Waals surface area contributed by atoms with Crippen molar-refractivity contribution in [1.82, 2.24) is 0 Å². The highest BCUT2D eigenvalue weighted by Crippen LogP contribution is 2.07. The minimum Gasteiger partial charge on any atom is -0.333 e. The van der Waals surface area contributed by atoms with E-state index in [4.69, 9.17) is 0 Å². The van der Waals surface area contributed by atoms with Crippen LogP contribution in [0.15, 0.2) is 60.7 Å². The van der Waals surface area contributed by atoms with Gasteiger partial charge in [-0.2, -0.15) is 0 Å². The third-order valence-corrected chi connectivity index (χ3v) is 2.44. The highest BCUT2D eigenvalue weighted by Gasteiger charge is 2.09. The fourth-order valence-electron chi connectivity index (χ4n) is 1.60. The molecule has 6 N–H and O–H groups in total. The molecule has 0 bridgehead atoms. The maximum atomic E-state index is 11.6. The first-order valence-electron chi connectivity index (χ1n) is 9.09. The Morgan fingerprint density at radius 2 is 0.889 bits per heavy atom. The Kier molecular flexibility index (Phi) is 25.1. The maximum absolute atomic E-state index is 11.6. The molecule has 0 aliphatic carbocycles. The highest BCUT2D eigenvalue weighted by atomic mass is 16.2. The van der Waals surface area contributed by atoms with E-state index >= 15 is 0 Å². The van der Waals surface area contributed by atoms with E-state index in [0.717, 1.165) is 0 Å². The molecule has 0 saturated carbocycles. The number of nitrogens with two attached hydrogens (primary N) is 2. The molecule has 6 heteroatoms. The van der Waals surface area contributed by atoms with E-state index in [1.165, 1.54) is 14.1 Å². The summed E-state index contributed by atoms with van der Waals surface area (Å²) in [6.45, 7) is 8.00. The van der Waals surface area contributed by atoms with Gasteiger partial charge in [0.05, 0.1) is 0 Å². The molecule has 2 amide bonds. The van der Waals surface area contributed by atoms with Gasteiger partial charge in [-0.3, -0.25) is 9.59 Å². The van der Waals surface area contributed by atoms with E-state index in [-0.39, 0.29) is 18.2 Å². The highest BCUT2D eigenvalue weighted by molar-refractivity contribution is 6.08. The van der Waals surface area contributed by atoms with Crippen molar-refractivity contribution in [2.75, 3.05) is 24.7 Å². The Hall–Kier alpha value is -2.70. The van der Waals surface area contributed by atoms with Gasteiger partial charge >= 0.3 is 0 Å². The normalized spacial score (nSPS) is 7.70. The molecule has 0 fully saturated rings. The van der Waals surface area contributed by atoms with Crippen molar-refractivity contribution >= 4 is 23.2 Å². The smallest absolute Gasteiger partial charge is 0.233 e. The number of carbonyl (C=O) groups excluding carboxylic acids is 2. The summed E-state index contributed by atoms with van der Waals surface area (Å²) in [5.41, 5.74) is 10.4. The van der Waals surface area contributed by atoms with Crippen molar-refractivity contribution in [1.29, 1.82) is 0 Å². The lowest BCUT2D eigenvalue weighted by atomic mass is 10.3. The van der Waals surface area contributed by atoms with Crippen LogP contribution in [0.3, 0.4) is 0 Å². The summed E-state index contributed by atoms with van der Waals surface area (Å²) < 4.78 is 0. The number of amides is 2. The van der Waals surface area contributed by atoms with E-state index in [2.05, 4.69) is 22.1 Å². The van der Waals surface area contributed by atoms with Gasteiger partial charge in [0.15, 0.2) is 0 Å². The molecule has 0 radical (unpaired) electrons. The van der Waals surface area contributed by atoms with Gasteiger partial charge in [0.1, 0.15) is 6.42 Å². The number of nitrogens with one attached hydrogen (secondary N) is 2. The van der Waals surface area contributed by atoms with Crippen molar-refractivity contribution in [3.63, 3.8) is 0 Å². The zero-order chi connectivity index (χ0) is 21.5. The molecule has 27 heavy (non-hydrogen) atoms. The number of hydrogen-bond acceptors (Lipinski definition) is 4. The number of benzene rings is 2. The van der Waals surface area contributed by atoms with Crippen LogP contribution in [0.4, 0.5) is 11.4 Å². The predicted octanol–water partition coefficient (Wildman–Crippen LogP) is 3.86. The number of rotatable bonds is 4. The second-order valence-electron chi connectivity index (χ2n) is 4.01. The minimum atomic E-state index is -0.334. The SMILES string of the molecule is CC.CC.CN.CN.O=C(CC(=O)Nc1ccccc1)Nc1ccccc1. The quantitative estimate of drug-likeness (QED) is 0.607. The second-order valence-corrected chi connectivity index (χ2v) is 4.01. The van der Waals surface area contributed by atoms with Gasteiger partial charge in [-0.05, 0) is 38.4 Å². The largest absolute Gasteiger partial charge is 0.333 e. The van der Waals surface area contributed by atoms with Gasteiger partial charge in [-0.15, -0.1) is 0 Å². The van der Waals surface area contributed by atoms with Crippen LogP contribution in [0, 0.1) is 0 Å². The van der Waals surface area contributed by atoms with Crippen LogP contribution in [-0.4, -0.2) is 25.9 Å². The monoisotopic (exact) mass is 376 g/mol. The number of carbonyl (C=O) groups is 2. The Labute approximate surface area is 164 Å². The first-order valence-corrected chi connectivity index (χ1v) is 9.09. The predicted molar refractivity (Wildman–Crippen MR) is 118 cm³/mol. The van der Waals surface area contributed by atoms with Crippen molar-refractivity contribution in [3.8, 4) is 0 Å². The standard InChI is InChI=1S/C15H14N2O2.2C2H6.2CH5N/c18-14(16-12-7-3-1-4-8-12)11-15(19)17-13-9-5-2-6-10-13;4*1-2/h1-10H,11H2,(H,16,18)(H,17,19);2*1-2H3;2*2H2,1H3. The molecule has 0 heterocycles. The second kappa shape index (κ2) is 23.3. The van der Waals surface area contributed by atoms with E-state index in [9.17, 15) is 9.59 Å². The fourth-order valence-corrected chi connectivity index (χ4v) is 1.60. The van der Waals surface area contributed by atoms with E-state index < -0.39 is 0 Å². The molecular weight excluding hydrogens is 340 g/mol. The van der Waals surface area contributed by atoms with Gasteiger partial charge in [-0.25, -0.2) is 0 Å². The van der Waals surface area contributed by atoms with Crippen molar-refractivity contribution in [2.45, 2.75) is 34.1 Å². The van der Waals surface area contributed by atoms with Crippen LogP contribution in [0.25, 0.3) is 0 Å². The Morgan fingerprint density at radius 3 is 1.15 bits per heavy atom. The summed E-state index contributed by atoms with van der Waals surface area (Å²) in [6.07, 6.45) is -0.205. The van der Waals surface area contributed by atoms with Gasteiger partial charge in [0.2, 0.25) is 11.8 Å². The molecule has 0 unspecified atom stereocenters. The Morgan fingerprint density at radius 1 is 0.630 bits per heavy atom. The summed E-state index contributed by atoms with van der Waals surface area (Å²) in [5, 5.41) is 5.32. The molecule has 0 atom stereocenters. The summed E-state index contributed by atoms with van der Waals surface area (Å²) in [4.78, 5) is 23.3. The summed E-state index contributed by atoms with van der Waals surface area (Å²) in [5.74, 6) is -0.667. The topological polar surface area (TPSA) is 110 Å². The lowest BCUT2D eigenvalue weighted by Gasteiger charge is -2.06. The molecule has 2 aromatic rings. The first-order chi connectivity index (χ1) is 13.2. The average molecular weight is 377 g/mol. The van der Waals surface area contributed by atoms with Gasteiger partial charge in [0, 0.05) is 11.4 Å². The lowest BCUT2D eigenvalue weighted by molar-refractivity contribution is -0.123. The zero-order valence-electron chi connectivity index (χ0n) is 17.5. The number of para-hydroxylation sites is 2. The van der Waals surface area contributed by atoms with Crippen molar-refractivity contribution < 1.29 is 9.59 Å². The minimum absolute atomic E-state index is 0.205. The molecule has 0 aliphatic heterocycles. The summed E-state index contributed by atoms with van der Waals surface area (Å²) in [6, 6.07) is 18.1. The zero-order valence-corrected chi connectivity index (χ0v) is 17.5. The van der Waals surface area contributed by atoms with E-state index in [1.807, 2.05) is 64.1 Å². The Balaban J connectivity index is -0.000000638. The van der Waals surface area contributed by atoms with Crippen LogP contribution in [-0.2, 0) is 9.59 Å². The van der Waals surface area contributed by atoms with E-state index in [0.29, 0.717) is 11.4 Å². The van der Waals surface area contributed by atoms with Crippen LogP contribution >= 0.6 is 0 Å². The molecule has 2 aromatic carbocycles. The van der Waals surface area contributed by atoms with Crippen LogP contribution in [0.2, 0.25) is 0 Å². The molecule has 2 rings (SSSR count). The van der Waals surface area contributed by atoms with Crippen molar-refractivity contribution in [2.24, 2.45) is 11.5 Å². The average Bonchev–Trinajstić information content (AvgIpc) is 2.75. The fraction of sp³-hybridized carbons (Fsp3) is 0.333. The van der Waals surface area contributed by atoms with Crippen LogP contribution in [0.5, 0.6) is 0 Å². The number of anilines is 2. The third-order valence-electron chi connectivity index (χ3n) is 2.44. The number of hydrogen-bond donors (Lipinski definition) is 4. The van der Waals surface area contributed by atoms with Gasteiger partial charge in [0.25, 0.3) is 0 Å². The molecule has 6 nitrogen and oxygen atoms in total. The summed E-state index contributed by atoms with van der Waals surface area (Å²) in [7, 11) is 3.00. The van der Waals surface area contributed by atoms with Gasteiger partial charge in [-0.1, -0.05) is 64.1 Å². The molecular formula is C21H36N4O2. The third kappa shape index (κ3) is 16.5. The molecule has 152 valence electrons. The molecule has 0 aromatic heterocycles. The first kappa shape index (κ1) is 29.1. The Bertz CT molecular complexity index is 509. The van der Waals surface area contributed by atoms with Crippen LogP contribution < -0.4 is 22.1 Å². The molecule has 0 aliphatic rings. The van der Waals surface area contributed by atoms with Gasteiger partial charge < -0.3 is 22.1 Å². The summed E-state index contributed by atoms with van der Waals surface area (Å²) >= 11 is 0. The lowest BCUT2D eigenvalue weighted by Crippen LogP contribution is -2.21. The maximum Gasteiger partial charge on any atom is 0.233 e. The molecule has 0 spiro atoms. The van der Waals surface area contributed by atoms with Crippen molar-refractivity contribution in [3.05, 3.63) is 60.7 Å². The van der Waals surface area contributed by atoms with Crippen LogP contribution in [0.1, 0.15) is 34.1 Å². The molecule has 0 saturated heterocycles. The van der Waals surface area contributed by atoms with E-state index in [1.54, 1.807) is 24.3 Å².